The van der Waals surface area contributed by atoms with Crippen molar-refractivity contribution in [3.05, 3.63) is 18.2 Å². The summed E-state index contributed by atoms with van der Waals surface area (Å²) >= 11 is 0. The summed E-state index contributed by atoms with van der Waals surface area (Å²) in [6.07, 6.45) is 0. The van der Waals surface area contributed by atoms with Gasteiger partial charge in [0.1, 0.15) is 0 Å². The van der Waals surface area contributed by atoms with E-state index in [0.29, 0.717) is 84.9 Å². The summed E-state index contributed by atoms with van der Waals surface area (Å²) in [6.45, 7) is 0. The van der Waals surface area contributed by atoms with Gasteiger partial charge in [-0.25, -0.2) is 0 Å². The molecule has 0 radical (unpaired) electrons. The van der Waals surface area contributed by atoms with Gasteiger partial charge < -0.3 is 56.8 Å². The van der Waals surface area contributed by atoms with E-state index in [1.54, 1.807) is 21.3 Å². The van der Waals surface area contributed by atoms with Crippen LogP contribution in [0.4, 0.5) is 0 Å². The molecule has 0 unspecified atom stereocenters. The lowest BCUT2D eigenvalue weighted by atomic mass is 10.2. The monoisotopic (exact) mass is 622 g/mol. The van der Waals surface area contributed by atoms with Crippen LogP contribution in [0.15, 0.2) is 18.2 Å². The molecular weight excluding hydrogens is 583 g/mol. The van der Waals surface area contributed by atoms with E-state index in [2.05, 4.69) is 0 Å². The highest BCUT2D eigenvalue weighted by Gasteiger charge is 2.37. The van der Waals surface area contributed by atoms with E-state index < -0.39 is 7.92 Å². The van der Waals surface area contributed by atoms with E-state index in [1.807, 2.05) is 18.2 Å². The molecule has 236 valence electrons. The molecule has 0 N–H and O–H groups in total. The van der Waals surface area contributed by atoms with Crippen molar-refractivity contribution in [3.63, 3.8) is 0 Å². The highest BCUT2D eigenvalue weighted by molar-refractivity contribution is 7.80. The third-order valence-corrected chi connectivity index (χ3v) is 9.07. The molecule has 0 saturated heterocycles. The number of benzene rings is 3. The fourth-order valence-corrected chi connectivity index (χ4v) is 7.54. The summed E-state index contributed by atoms with van der Waals surface area (Å²) in [4.78, 5) is 0. The second-order valence-electron chi connectivity index (χ2n) is 8.43. The molecule has 0 amide bonds. The minimum atomic E-state index is -1.73. The van der Waals surface area contributed by atoms with Crippen LogP contribution in [0.1, 0.15) is 0 Å². The molecule has 0 bridgehead atoms. The molecule has 13 heteroatoms. The smallest absolute Gasteiger partial charge is 0.207 e. The maximum Gasteiger partial charge on any atom is 0.207 e. The Bertz CT molecular complexity index is 1260. The van der Waals surface area contributed by atoms with Gasteiger partial charge in [0.05, 0.1) is 85.3 Å². The maximum absolute atomic E-state index is 6.00. The zero-order valence-electron chi connectivity index (χ0n) is 26.6. The Balaban J connectivity index is 2.72. The van der Waals surface area contributed by atoms with Gasteiger partial charge >= 0.3 is 0 Å². The largest absolute Gasteiger partial charge is 0.493 e. The lowest BCUT2D eigenvalue weighted by Crippen LogP contribution is -2.26. The van der Waals surface area contributed by atoms with Gasteiger partial charge in [0, 0.05) is 15.9 Å². The zero-order valence-corrected chi connectivity index (χ0v) is 27.5. The lowest BCUT2D eigenvalue weighted by molar-refractivity contribution is 0.306. The fraction of sp³-hybridized carbons (Fsp3) is 0.400. The molecule has 3 rings (SSSR count). The highest BCUT2D eigenvalue weighted by atomic mass is 31.1. The first-order valence-corrected chi connectivity index (χ1v) is 14.1. The summed E-state index contributed by atoms with van der Waals surface area (Å²) in [5, 5.41) is 1.94. The Labute approximate surface area is 253 Å². The van der Waals surface area contributed by atoms with Gasteiger partial charge in [0.15, 0.2) is 34.5 Å². The van der Waals surface area contributed by atoms with E-state index in [1.165, 1.54) is 64.0 Å². The molecule has 0 spiro atoms. The average molecular weight is 623 g/mol. The maximum atomic E-state index is 6.00. The van der Waals surface area contributed by atoms with E-state index in [0.717, 1.165) is 0 Å². The Morgan fingerprint density at radius 1 is 0.279 bits per heavy atom. The fourth-order valence-electron chi connectivity index (χ4n) is 4.83. The third-order valence-electron chi connectivity index (χ3n) is 6.63. The van der Waals surface area contributed by atoms with E-state index in [-0.39, 0.29) is 0 Å². The lowest BCUT2D eigenvalue weighted by Gasteiger charge is -2.29. The number of rotatable bonds is 15. The molecule has 0 aromatic heterocycles. The van der Waals surface area contributed by atoms with Crippen molar-refractivity contribution >= 4 is 23.8 Å². The van der Waals surface area contributed by atoms with Gasteiger partial charge in [-0.15, -0.1) is 0 Å². The molecule has 3 aromatic carbocycles. The van der Waals surface area contributed by atoms with Crippen molar-refractivity contribution in [2.75, 3.05) is 85.3 Å². The normalized spacial score (nSPS) is 10.5. The Morgan fingerprint density at radius 3 is 0.651 bits per heavy atom. The molecule has 0 saturated carbocycles. The van der Waals surface area contributed by atoms with Crippen molar-refractivity contribution in [2.45, 2.75) is 0 Å². The van der Waals surface area contributed by atoms with Gasteiger partial charge in [-0.2, -0.15) is 0 Å². The zero-order chi connectivity index (χ0) is 31.8. The number of methoxy groups -OCH3 is 12. The molecule has 0 atom stereocenters. The standard InChI is InChI=1S/C30H39O12P/c1-31-16-13-19(25(37-7)28(40-10)22(16)34-4)43(20-14-17(32-2)23(35-5)29(41-11)26(20)38-8)21-15-18(33-3)24(36-6)30(42-12)27(21)39-9/h13-15H,1-12H3. The summed E-state index contributed by atoms with van der Waals surface area (Å²) in [5.41, 5.74) is 0. The first kappa shape index (κ1) is 33.2. The number of hydrogen-bond donors (Lipinski definition) is 0. The number of ether oxygens (including phenoxy) is 12. The van der Waals surface area contributed by atoms with Crippen LogP contribution in [-0.4, -0.2) is 85.3 Å². The molecule has 0 fully saturated rings. The van der Waals surface area contributed by atoms with Crippen LogP contribution in [0.2, 0.25) is 0 Å². The minimum Gasteiger partial charge on any atom is -0.493 e. The summed E-state index contributed by atoms with van der Waals surface area (Å²) in [6, 6.07) is 5.45. The van der Waals surface area contributed by atoms with Gasteiger partial charge in [0.2, 0.25) is 34.5 Å². The van der Waals surface area contributed by atoms with Crippen molar-refractivity contribution in [2.24, 2.45) is 0 Å². The second kappa shape index (κ2) is 14.7. The molecule has 0 heterocycles. The molecular formula is C30H39O12P. The van der Waals surface area contributed by atoms with E-state index in [9.17, 15) is 0 Å². The molecule has 0 aliphatic carbocycles. The molecule has 43 heavy (non-hydrogen) atoms. The summed E-state index contributed by atoms with van der Waals surface area (Å²) in [5.74, 6) is 4.41. The van der Waals surface area contributed by atoms with Crippen LogP contribution in [0.5, 0.6) is 69.0 Å². The van der Waals surface area contributed by atoms with E-state index in [4.69, 9.17) is 56.8 Å². The van der Waals surface area contributed by atoms with E-state index >= 15 is 0 Å². The van der Waals surface area contributed by atoms with Crippen LogP contribution in [0.3, 0.4) is 0 Å². The van der Waals surface area contributed by atoms with Gasteiger partial charge in [-0.3, -0.25) is 0 Å². The van der Waals surface area contributed by atoms with Crippen molar-refractivity contribution in [1.82, 2.24) is 0 Å². The number of hydrogen-bond acceptors (Lipinski definition) is 12. The average Bonchev–Trinajstić information content (AvgIpc) is 3.05. The topological polar surface area (TPSA) is 111 Å². The van der Waals surface area contributed by atoms with Crippen molar-refractivity contribution in [1.29, 1.82) is 0 Å². The first-order valence-electron chi connectivity index (χ1n) is 12.8. The van der Waals surface area contributed by atoms with Crippen molar-refractivity contribution in [3.8, 4) is 69.0 Å². The van der Waals surface area contributed by atoms with Gasteiger partial charge in [-0.05, 0) is 26.1 Å². The minimum absolute atomic E-state index is 0.324. The quantitative estimate of drug-likeness (QED) is 0.231. The third kappa shape index (κ3) is 5.71. The first-order chi connectivity index (χ1) is 20.8. The van der Waals surface area contributed by atoms with Crippen LogP contribution >= 0.6 is 7.92 Å². The summed E-state index contributed by atoms with van der Waals surface area (Å²) < 4.78 is 69.7. The SMILES string of the molecule is COc1cc(P(c2cc(OC)c(OC)c(OC)c2OC)c2cc(OC)c(OC)c(OC)c2OC)c(OC)c(OC)c1OC. The predicted molar refractivity (Wildman–Crippen MR) is 164 cm³/mol. The van der Waals surface area contributed by atoms with Gasteiger partial charge in [-0.1, -0.05) is 0 Å². The van der Waals surface area contributed by atoms with Crippen LogP contribution < -0.4 is 72.8 Å². The Kier molecular flexibility index (Phi) is 11.4. The highest BCUT2D eigenvalue weighted by Crippen LogP contribution is 2.56. The predicted octanol–water partition coefficient (Wildman–Crippen LogP) is 3.55. The Hall–Kier alpha value is -4.31. The molecule has 3 aromatic rings. The Morgan fingerprint density at radius 2 is 0.488 bits per heavy atom. The van der Waals surface area contributed by atoms with Crippen LogP contribution in [-0.2, 0) is 0 Å². The van der Waals surface area contributed by atoms with Crippen LogP contribution in [0, 0.1) is 0 Å². The molecule has 0 aliphatic rings. The second-order valence-corrected chi connectivity index (χ2v) is 10.5. The van der Waals surface area contributed by atoms with Crippen LogP contribution in [0.25, 0.3) is 0 Å². The molecule has 0 aliphatic heterocycles. The van der Waals surface area contributed by atoms with Crippen molar-refractivity contribution < 1.29 is 56.8 Å². The summed E-state index contributed by atoms with van der Waals surface area (Å²) in [7, 11) is 16.6. The molecule has 12 nitrogen and oxygen atoms in total. The van der Waals surface area contributed by atoms with Gasteiger partial charge in [0.25, 0.3) is 0 Å².